The first kappa shape index (κ1) is 14.4. The lowest BCUT2D eigenvalue weighted by Crippen LogP contribution is -2.22. The average molecular weight is 306 g/mol. The molecule has 0 bridgehead atoms. The summed E-state index contributed by atoms with van der Waals surface area (Å²) in [6.45, 7) is 2.98. The van der Waals surface area contributed by atoms with E-state index >= 15 is 0 Å². The van der Waals surface area contributed by atoms with Gasteiger partial charge in [0, 0.05) is 20.3 Å². The number of hydrogen-bond donors (Lipinski definition) is 1. The van der Waals surface area contributed by atoms with Gasteiger partial charge in [-0.05, 0) is 47.1 Å². The Morgan fingerprint density at radius 1 is 1.29 bits per heavy atom. The van der Waals surface area contributed by atoms with Crippen LogP contribution in [0.1, 0.15) is 6.42 Å². The van der Waals surface area contributed by atoms with E-state index in [9.17, 15) is 4.39 Å². The third-order valence-corrected chi connectivity index (χ3v) is 2.75. The highest BCUT2D eigenvalue weighted by Gasteiger charge is 2.01. The molecule has 3 nitrogen and oxygen atoms in total. The molecule has 0 spiro atoms. The fourth-order valence-corrected chi connectivity index (χ4v) is 1.76. The molecule has 1 aromatic carbocycles. The van der Waals surface area contributed by atoms with Crippen molar-refractivity contribution in [2.24, 2.45) is 0 Å². The van der Waals surface area contributed by atoms with Crippen LogP contribution < -0.4 is 10.1 Å². The van der Waals surface area contributed by atoms with Gasteiger partial charge in [0.05, 0.1) is 4.47 Å². The summed E-state index contributed by atoms with van der Waals surface area (Å²) in [6, 6.07) is 4.39. The number of rotatable bonds is 8. The normalized spacial score (nSPS) is 10.5. The second-order valence-corrected chi connectivity index (χ2v) is 4.37. The van der Waals surface area contributed by atoms with Crippen LogP contribution in [0.2, 0.25) is 0 Å². The minimum absolute atomic E-state index is 0.276. The monoisotopic (exact) mass is 305 g/mol. The molecule has 0 saturated carbocycles. The molecule has 0 aromatic heterocycles. The highest BCUT2D eigenvalue weighted by atomic mass is 79.9. The standard InChI is InChI=1S/C12H17BrFNO2/c1-16-7-2-5-15-6-8-17-12-4-3-10(14)9-11(12)13/h3-4,9,15H,2,5-8H2,1H3. The lowest BCUT2D eigenvalue weighted by Gasteiger charge is -2.09. The predicted molar refractivity (Wildman–Crippen MR) is 69.0 cm³/mol. The zero-order valence-corrected chi connectivity index (χ0v) is 11.4. The van der Waals surface area contributed by atoms with Crippen LogP contribution in [0.3, 0.4) is 0 Å². The quantitative estimate of drug-likeness (QED) is 0.749. The van der Waals surface area contributed by atoms with E-state index in [4.69, 9.17) is 9.47 Å². The van der Waals surface area contributed by atoms with Gasteiger partial charge in [0.15, 0.2) is 0 Å². The predicted octanol–water partition coefficient (Wildman–Crippen LogP) is 2.59. The smallest absolute Gasteiger partial charge is 0.133 e. The number of halogens is 2. The third-order valence-electron chi connectivity index (χ3n) is 2.13. The number of hydrogen-bond acceptors (Lipinski definition) is 3. The highest BCUT2D eigenvalue weighted by molar-refractivity contribution is 9.10. The second-order valence-electron chi connectivity index (χ2n) is 3.52. The van der Waals surface area contributed by atoms with Gasteiger partial charge in [-0.3, -0.25) is 0 Å². The largest absolute Gasteiger partial charge is 0.491 e. The van der Waals surface area contributed by atoms with E-state index in [0.29, 0.717) is 16.8 Å². The van der Waals surface area contributed by atoms with Crippen LogP contribution in [0.5, 0.6) is 5.75 Å². The maximum atomic E-state index is 12.8. The van der Waals surface area contributed by atoms with E-state index in [0.717, 1.165) is 26.1 Å². The van der Waals surface area contributed by atoms with Crippen molar-refractivity contribution in [1.29, 1.82) is 0 Å². The molecule has 1 N–H and O–H groups in total. The number of benzene rings is 1. The number of nitrogens with one attached hydrogen (secondary N) is 1. The van der Waals surface area contributed by atoms with Crippen molar-refractivity contribution < 1.29 is 13.9 Å². The zero-order valence-electron chi connectivity index (χ0n) is 9.84. The maximum absolute atomic E-state index is 12.8. The molecule has 0 amide bonds. The van der Waals surface area contributed by atoms with Gasteiger partial charge >= 0.3 is 0 Å². The molecule has 0 atom stereocenters. The Balaban J connectivity index is 2.14. The second kappa shape index (κ2) is 8.44. The Morgan fingerprint density at radius 3 is 2.82 bits per heavy atom. The summed E-state index contributed by atoms with van der Waals surface area (Å²) in [6.07, 6.45) is 0.983. The van der Waals surface area contributed by atoms with Crippen molar-refractivity contribution in [3.05, 3.63) is 28.5 Å². The van der Waals surface area contributed by atoms with Crippen LogP contribution in [0.25, 0.3) is 0 Å². The molecule has 0 aliphatic heterocycles. The van der Waals surface area contributed by atoms with E-state index in [1.807, 2.05) is 0 Å². The summed E-state index contributed by atoms with van der Waals surface area (Å²) >= 11 is 3.25. The van der Waals surface area contributed by atoms with E-state index in [2.05, 4.69) is 21.2 Å². The van der Waals surface area contributed by atoms with Gasteiger partial charge < -0.3 is 14.8 Å². The fourth-order valence-electron chi connectivity index (χ4n) is 1.29. The first-order chi connectivity index (χ1) is 8.24. The Hall–Kier alpha value is -0.650. The lowest BCUT2D eigenvalue weighted by atomic mass is 10.3. The summed E-state index contributed by atoms with van der Waals surface area (Å²) in [7, 11) is 1.69. The van der Waals surface area contributed by atoms with Crippen molar-refractivity contribution in [1.82, 2.24) is 5.32 Å². The van der Waals surface area contributed by atoms with Gasteiger partial charge in [0.25, 0.3) is 0 Å². The molecule has 1 rings (SSSR count). The van der Waals surface area contributed by atoms with Gasteiger partial charge in [-0.1, -0.05) is 0 Å². The van der Waals surface area contributed by atoms with Crippen LogP contribution >= 0.6 is 15.9 Å². The van der Waals surface area contributed by atoms with Crippen molar-refractivity contribution in [2.75, 3.05) is 33.4 Å². The SMILES string of the molecule is COCCCNCCOc1ccc(F)cc1Br. The summed E-state index contributed by atoms with van der Waals surface area (Å²) in [5.74, 6) is 0.381. The number of methoxy groups -OCH3 is 1. The molecular formula is C12H17BrFNO2. The van der Waals surface area contributed by atoms with E-state index in [1.54, 1.807) is 13.2 Å². The average Bonchev–Trinajstić information content (AvgIpc) is 2.30. The van der Waals surface area contributed by atoms with E-state index in [1.165, 1.54) is 12.1 Å². The van der Waals surface area contributed by atoms with Crippen molar-refractivity contribution in [2.45, 2.75) is 6.42 Å². The highest BCUT2D eigenvalue weighted by Crippen LogP contribution is 2.25. The maximum Gasteiger partial charge on any atom is 0.133 e. The summed E-state index contributed by atoms with van der Waals surface area (Å²) < 4.78 is 23.9. The summed E-state index contributed by atoms with van der Waals surface area (Å²) in [5.41, 5.74) is 0. The lowest BCUT2D eigenvalue weighted by molar-refractivity contribution is 0.193. The van der Waals surface area contributed by atoms with Gasteiger partial charge in [0.1, 0.15) is 18.2 Å². The Morgan fingerprint density at radius 2 is 2.12 bits per heavy atom. The first-order valence-corrected chi connectivity index (χ1v) is 6.31. The minimum Gasteiger partial charge on any atom is -0.491 e. The Kier molecular flexibility index (Phi) is 7.16. The Bertz CT molecular complexity index is 336. The molecule has 0 unspecified atom stereocenters. The molecule has 0 aliphatic carbocycles. The van der Waals surface area contributed by atoms with Crippen molar-refractivity contribution >= 4 is 15.9 Å². The fraction of sp³-hybridized carbons (Fsp3) is 0.500. The molecule has 1 aromatic rings. The van der Waals surface area contributed by atoms with Gasteiger partial charge in [-0.15, -0.1) is 0 Å². The van der Waals surface area contributed by atoms with E-state index < -0.39 is 0 Å². The van der Waals surface area contributed by atoms with Crippen LogP contribution in [0.15, 0.2) is 22.7 Å². The zero-order chi connectivity index (χ0) is 12.5. The molecule has 96 valence electrons. The Labute approximate surface area is 109 Å². The van der Waals surface area contributed by atoms with E-state index in [-0.39, 0.29) is 5.82 Å². The summed E-state index contributed by atoms with van der Waals surface area (Å²) in [5, 5.41) is 3.23. The van der Waals surface area contributed by atoms with Gasteiger partial charge in [0.2, 0.25) is 0 Å². The number of ether oxygens (including phenoxy) is 2. The topological polar surface area (TPSA) is 30.5 Å². The molecule has 0 fully saturated rings. The van der Waals surface area contributed by atoms with Crippen LogP contribution in [-0.4, -0.2) is 33.4 Å². The minimum atomic E-state index is -0.276. The summed E-state index contributed by atoms with van der Waals surface area (Å²) in [4.78, 5) is 0. The van der Waals surface area contributed by atoms with Crippen LogP contribution in [-0.2, 0) is 4.74 Å². The van der Waals surface area contributed by atoms with Gasteiger partial charge in [-0.25, -0.2) is 4.39 Å². The molecule has 17 heavy (non-hydrogen) atoms. The molecule has 0 aliphatic rings. The molecule has 0 saturated heterocycles. The molecular weight excluding hydrogens is 289 g/mol. The van der Waals surface area contributed by atoms with Crippen LogP contribution in [0, 0.1) is 5.82 Å². The van der Waals surface area contributed by atoms with Crippen LogP contribution in [0.4, 0.5) is 4.39 Å². The molecule has 0 radical (unpaired) electrons. The van der Waals surface area contributed by atoms with Crippen molar-refractivity contribution in [3.63, 3.8) is 0 Å². The molecule has 0 heterocycles. The molecule has 5 heteroatoms. The first-order valence-electron chi connectivity index (χ1n) is 5.51. The third kappa shape index (κ3) is 6.00. The van der Waals surface area contributed by atoms with Crippen molar-refractivity contribution in [3.8, 4) is 5.75 Å². The van der Waals surface area contributed by atoms with Gasteiger partial charge in [-0.2, -0.15) is 0 Å².